The number of hydrogen-bond donors (Lipinski definition) is 0. The van der Waals surface area contributed by atoms with Crippen LogP contribution in [0.4, 0.5) is 5.69 Å². The fourth-order valence-corrected chi connectivity index (χ4v) is 5.22. The minimum atomic E-state index is -0.0331. The number of fused-ring (bicyclic) bond motifs is 1. The molecule has 1 fully saturated rings. The van der Waals surface area contributed by atoms with Crippen LogP contribution < -0.4 is 10.5 Å². The smallest absolute Gasteiger partial charge is 0.252 e. The third-order valence-corrected chi connectivity index (χ3v) is 7.37. The van der Waals surface area contributed by atoms with Gasteiger partial charge in [0.05, 0.1) is 17.2 Å². The summed E-state index contributed by atoms with van der Waals surface area (Å²) in [5, 5.41) is 1.44. The zero-order chi connectivity index (χ0) is 23.8. The lowest BCUT2D eigenvalue weighted by atomic mass is 9.96. The van der Waals surface area contributed by atoms with E-state index < -0.39 is 0 Å². The minimum Gasteiger partial charge on any atom is -0.367 e. The molecule has 0 spiro atoms. The molecule has 34 heavy (non-hydrogen) atoms. The van der Waals surface area contributed by atoms with E-state index in [0.29, 0.717) is 0 Å². The molecule has 1 aliphatic heterocycles. The van der Waals surface area contributed by atoms with Gasteiger partial charge in [-0.3, -0.25) is 9.69 Å². The molecule has 0 amide bonds. The molecule has 1 saturated heterocycles. The van der Waals surface area contributed by atoms with Gasteiger partial charge < -0.3 is 9.47 Å². The third kappa shape index (κ3) is 4.60. The monoisotopic (exact) mass is 556 g/mol. The van der Waals surface area contributed by atoms with Crippen molar-refractivity contribution in [1.82, 2.24) is 14.5 Å². The van der Waals surface area contributed by atoms with Crippen LogP contribution in [0.25, 0.3) is 11.0 Å². The lowest BCUT2D eigenvalue weighted by Gasteiger charge is -2.40. The summed E-state index contributed by atoms with van der Waals surface area (Å²) < 4.78 is 2.40. The molecule has 0 unspecified atom stereocenters. The van der Waals surface area contributed by atoms with Crippen molar-refractivity contribution in [3.05, 3.63) is 103 Å². The van der Waals surface area contributed by atoms with Crippen molar-refractivity contribution in [2.24, 2.45) is 7.05 Å². The Morgan fingerprint density at radius 1 is 0.853 bits per heavy atom. The van der Waals surface area contributed by atoms with E-state index in [9.17, 15) is 4.79 Å². The Bertz CT molecular complexity index is 1340. The Kier molecular flexibility index (Phi) is 6.67. The van der Waals surface area contributed by atoms with Crippen LogP contribution in [0.5, 0.6) is 0 Å². The second-order valence-electron chi connectivity index (χ2n) is 8.46. The zero-order valence-electron chi connectivity index (χ0n) is 18.6. The van der Waals surface area contributed by atoms with Gasteiger partial charge in [-0.05, 0) is 63.5 Å². The number of benzene rings is 2. The molecule has 174 valence electrons. The van der Waals surface area contributed by atoms with E-state index in [0.717, 1.165) is 57.5 Å². The summed E-state index contributed by atoms with van der Waals surface area (Å²) in [7, 11) is 1.78. The SMILES string of the molecule is Cn1c(=O)cc(N2CCN(C(c3ccc(Cl)cc3)c3ccc(Cl)cc3)CC2)c2nc(Br)ccc21. The molecule has 0 N–H and O–H groups in total. The number of nitrogens with zero attached hydrogens (tertiary/aromatic N) is 4. The van der Waals surface area contributed by atoms with Crippen molar-refractivity contribution >= 4 is 55.9 Å². The predicted molar refractivity (Wildman–Crippen MR) is 143 cm³/mol. The fourth-order valence-electron chi connectivity index (χ4n) is 4.65. The maximum Gasteiger partial charge on any atom is 0.252 e. The molecule has 0 bridgehead atoms. The van der Waals surface area contributed by atoms with Gasteiger partial charge in [0.15, 0.2) is 0 Å². The van der Waals surface area contributed by atoms with Crippen LogP contribution in [0.15, 0.2) is 76.1 Å². The molecule has 8 heteroatoms. The maximum atomic E-state index is 12.6. The van der Waals surface area contributed by atoms with Crippen LogP contribution in [-0.4, -0.2) is 40.6 Å². The number of pyridine rings is 2. The molecule has 0 aliphatic carbocycles. The highest BCUT2D eigenvalue weighted by molar-refractivity contribution is 9.10. The van der Waals surface area contributed by atoms with Gasteiger partial charge in [0, 0.05) is 49.3 Å². The third-order valence-electron chi connectivity index (χ3n) is 6.43. The number of halogens is 3. The van der Waals surface area contributed by atoms with Crippen LogP contribution in [-0.2, 0) is 7.05 Å². The average Bonchev–Trinajstić information content (AvgIpc) is 2.84. The molecule has 0 saturated carbocycles. The molecule has 2 aromatic heterocycles. The second kappa shape index (κ2) is 9.70. The first-order valence-corrected chi connectivity index (χ1v) is 12.6. The van der Waals surface area contributed by atoms with E-state index >= 15 is 0 Å². The number of rotatable bonds is 4. The molecular weight excluding hydrogens is 535 g/mol. The first-order valence-electron chi connectivity index (χ1n) is 11.1. The number of aryl methyl sites for hydroxylation is 1. The number of aromatic nitrogens is 2. The largest absolute Gasteiger partial charge is 0.367 e. The lowest BCUT2D eigenvalue weighted by Crippen LogP contribution is -2.48. The van der Waals surface area contributed by atoms with Crippen molar-refractivity contribution < 1.29 is 0 Å². The first-order chi connectivity index (χ1) is 16.4. The topological polar surface area (TPSA) is 41.4 Å². The van der Waals surface area contributed by atoms with Crippen molar-refractivity contribution in [1.29, 1.82) is 0 Å². The molecular formula is C26H23BrCl2N4O. The Labute approximate surface area is 216 Å². The zero-order valence-corrected chi connectivity index (χ0v) is 21.7. The highest BCUT2D eigenvalue weighted by atomic mass is 79.9. The van der Waals surface area contributed by atoms with Crippen LogP contribution in [0.2, 0.25) is 10.0 Å². The Hall–Kier alpha value is -2.38. The van der Waals surface area contributed by atoms with Gasteiger partial charge in [0.1, 0.15) is 10.1 Å². The highest BCUT2D eigenvalue weighted by Crippen LogP contribution is 2.33. The van der Waals surface area contributed by atoms with Crippen LogP contribution in [0, 0.1) is 0 Å². The van der Waals surface area contributed by atoms with Crippen molar-refractivity contribution in [3.8, 4) is 0 Å². The first kappa shape index (κ1) is 23.4. The minimum absolute atomic E-state index is 0.0331. The molecule has 2 aromatic carbocycles. The summed E-state index contributed by atoms with van der Waals surface area (Å²) in [5.41, 5.74) is 4.88. The summed E-state index contributed by atoms with van der Waals surface area (Å²) in [5.74, 6) is 0. The predicted octanol–water partition coefficient (Wildman–Crippen LogP) is 5.91. The standard InChI is InChI=1S/C26H23BrCl2N4O/c1-31-21-10-11-23(27)30-25(21)22(16-24(31)34)32-12-14-33(15-13-32)26(17-2-6-19(28)7-3-17)18-4-8-20(29)9-5-18/h2-11,16,26H,12-15H2,1H3. The average molecular weight is 558 g/mol. The summed E-state index contributed by atoms with van der Waals surface area (Å²) in [6, 6.07) is 21.7. The van der Waals surface area contributed by atoms with Crippen LogP contribution in [0.3, 0.4) is 0 Å². The van der Waals surface area contributed by atoms with E-state index in [1.807, 2.05) is 36.4 Å². The van der Waals surface area contributed by atoms with E-state index in [1.54, 1.807) is 17.7 Å². The van der Waals surface area contributed by atoms with E-state index in [1.165, 1.54) is 11.1 Å². The fraction of sp³-hybridized carbons (Fsp3) is 0.231. The van der Waals surface area contributed by atoms with Gasteiger partial charge in [0.25, 0.3) is 5.56 Å². The highest BCUT2D eigenvalue weighted by Gasteiger charge is 2.28. The molecule has 4 aromatic rings. The van der Waals surface area contributed by atoms with Gasteiger partial charge in [-0.15, -0.1) is 0 Å². The summed E-state index contributed by atoms with van der Waals surface area (Å²) in [4.78, 5) is 22.1. The Morgan fingerprint density at radius 2 is 1.41 bits per heavy atom. The van der Waals surface area contributed by atoms with E-state index in [4.69, 9.17) is 28.2 Å². The van der Waals surface area contributed by atoms with Gasteiger partial charge in [-0.1, -0.05) is 47.5 Å². The second-order valence-corrected chi connectivity index (χ2v) is 10.1. The van der Waals surface area contributed by atoms with Crippen molar-refractivity contribution in [2.75, 3.05) is 31.1 Å². The molecule has 3 heterocycles. The number of piperazine rings is 1. The summed E-state index contributed by atoms with van der Waals surface area (Å²) >= 11 is 15.8. The summed E-state index contributed by atoms with van der Waals surface area (Å²) in [6.45, 7) is 3.24. The molecule has 0 radical (unpaired) electrons. The van der Waals surface area contributed by atoms with E-state index in [2.05, 4.69) is 50.0 Å². The normalized spacial score (nSPS) is 14.8. The quantitative estimate of drug-likeness (QED) is 0.292. The maximum absolute atomic E-state index is 12.6. The Balaban J connectivity index is 1.46. The summed E-state index contributed by atoms with van der Waals surface area (Å²) in [6.07, 6.45) is 0. The van der Waals surface area contributed by atoms with Gasteiger partial charge >= 0.3 is 0 Å². The van der Waals surface area contributed by atoms with Crippen LogP contribution >= 0.6 is 39.1 Å². The van der Waals surface area contributed by atoms with Gasteiger partial charge in [0.2, 0.25) is 0 Å². The van der Waals surface area contributed by atoms with Crippen molar-refractivity contribution in [2.45, 2.75) is 6.04 Å². The lowest BCUT2D eigenvalue weighted by molar-refractivity contribution is 0.212. The molecule has 5 nitrogen and oxygen atoms in total. The van der Waals surface area contributed by atoms with E-state index in [-0.39, 0.29) is 11.6 Å². The van der Waals surface area contributed by atoms with Crippen molar-refractivity contribution in [3.63, 3.8) is 0 Å². The van der Waals surface area contributed by atoms with Crippen LogP contribution in [0.1, 0.15) is 17.2 Å². The Morgan fingerprint density at radius 3 is 1.97 bits per heavy atom. The van der Waals surface area contributed by atoms with Gasteiger partial charge in [-0.2, -0.15) is 0 Å². The molecule has 1 aliphatic rings. The van der Waals surface area contributed by atoms with Gasteiger partial charge in [-0.25, -0.2) is 4.98 Å². The number of anilines is 1. The number of hydrogen-bond acceptors (Lipinski definition) is 4. The molecule has 5 rings (SSSR count). The molecule has 0 atom stereocenters.